The first-order chi connectivity index (χ1) is 22.7. The molecule has 5 heteroatoms. The van der Waals surface area contributed by atoms with Crippen LogP contribution in [0.2, 0.25) is 0 Å². The van der Waals surface area contributed by atoms with Crippen molar-refractivity contribution in [1.82, 2.24) is 9.55 Å². The number of aliphatic imine (C=N–C) groups is 1. The summed E-state index contributed by atoms with van der Waals surface area (Å²) in [7, 11) is 0. The van der Waals surface area contributed by atoms with Gasteiger partial charge in [-0.3, -0.25) is 9.56 Å². The largest absolute Gasteiger partial charge is 0.422 e. The minimum Gasteiger partial charge on any atom is -0.422 e. The van der Waals surface area contributed by atoms with Crippen LogP contribution in [0, 0.1) is 0 Å². The van der Waals surface area contributed by atoms with Crippen molar-refractivity contribution in [3.8, 4) is 17.1 Å². The molecule has 216 valence electrons. The number of nitrogens with zero attached hydrogens (tertiary/aromatic N) is 3. The molecule has 0 amide bonds. The van der Waals surface area contributed by atoms with Crippen molar-refractivity contribution in [3.63, 3.8) is 0 Å². The average molecular weight is 592 g/mol. The predicted octanol–water partition coefficient (Wildman–Crippen LogP) is 10.0. The van der Waals surface area contributed by atoms with Crippen molar-refractivity contribution >= 4 is 66.2 Å². The molecule has 0 saturated carbocycles. The van der Waals surface area contributed by atoms with Crippen LogP contribution in [-0.2, 0) is 0 Å². The molecule has 5 nitrogen and oxygen atoms in total. The first kappa shape index (κ1) is 26.1. The second-order valence-corrected chi connectivity index (χ2v) is 11.4. The zero-order valence-electron chi connectivity index (χ0n) is 24.6. The molecule has 0 aliphatic carbocycles. The van der Waals surface area contributed by atoms with Crippen LogP contribution in [0.15, 0.2) is 160 Å². The summed E-state index contributed by atoms with van der Waals surface area (Å²) in [6.07, 6.45) is 1.74. The summed E-state index contributed by atoms with van der Waals surface area (Å²) in [4.78, 5) is 22.6. The Balaban J connectivity index is 1.19. The minimum atomic E-state index is -0.402. The zero-order chi connectivity index (χ0) is 30.6. The van der Waals surface area contributed by atoms with Crippen molar-refractivity contribution < 1.29 is 4.42 Å². The Labute approximate surface area is 263 Å². The van der Waals surface area contributed by atoms with E-state index < -0.39 is 5.63 Å². The highest BCUT2D eigenvalue weighted by Gasteiger charge is 2.20. The lowest BCUT2D eigenvalue weighted by molar-refractivity contribution is 0.564. The number of aromatic nitrogens is 2. The molecule has 2 aromatic heterocycles. The Bertz CT molecular complexity index is 2700. The fraction of sp³-hybridized carbons (Fsp3) is 0. The fourth-order valence-corrected chi connectivity index (χ4v) is 6.59. The highest BCUT2D eigenvalue weighted by Crippen LogP contribution is 2.39. The second-order valence-electron chi connectivity index (χ2n) is 11.4. The molecule has 7 aromatic carbocycles. The summed E-state index contributed by atoms with van der Waals surface area (Å²) in [6, 6.07) is 48.9. The minimum absolute atomic E-state index is 0.402. The fourth-order valence-electron chi connectivity index (χ4n) is 6.59. The first-order valence-electron chi connectivity index (χ1n) is 15.2. The molecular formula is C41H25N3O2. The summed E-state index contributed by atoms with van der Waals surface area (Å²) in [5.41, 5.74) is 5.73. The molecule has 9 rings (SSSR count). The third kappa shape index (κ3) is 4.14. The van der Waals surface area contributed by atoms with Crippen LogP contribution in [0.3, 0.4) is 0 Å². The van der Waals surface area contributed by atoms with Gasteiger partial charge in [0, 0.05) is 50.6 Å². The highest BCUT2D eigenvalue weighted by molar-refractivity contribution is 6.24. The summed E-state index contributed by atoms with van der Waals surface area (Å²) in [6.45, 7) is 0. The van der Waals surface area contributed by atoms with Gasteiger partial charge in [-0.25, -0.2) is 9.78 Å². The Morgan fingerprint density at radius 1 is 0.609 bits per heavy atom. The lowest BCUT2D eigenvalue weighted by atomic mass is 10.00. The van der Waals surface area contributed by atoms with E-state index in [4.69, 9.17) is 14.4 Å². The van der Waals surface area contributed by atoms with Crippen LogP contribution in [0.5, 0.6) is 0 Å². The molecule has 0 radical (unpaired) electrons. The molecule has 0 spiro atoms. The molecule has 0 saturated heterocycles. The monoisotopic (exact) mass is 591 g/mol. The van der Waals surface area contributed by atoms with E-state index in [1.54, 1.807) is 6.21 Å². The number of imidazole rings is 1. The maximum absolute atomic E-state index is 12.5. The van der Waals surface area contributed by atoms with Crippen molar-refractivity contribution in [2.24, 2.45) is 4.99 Å². The van der Waals surface area contributed by atoms with Gasteiger partial charge in [-0.2, -0.15) is 0 Å². The van der Waals surface area contributed by atoms with Gasteiger partial charge in [-0.05, 0) is 58.6 Å². The number of benzene rings is 7. The van der Waals surface area contributed by atoms with Crippen molar-refractivity contribution in [1.29, 1.82) is 0 Å². The van der Waals surface area contributed by atoms with E-state index in [2.05, 4.69) is 89.5 Å². The molecule has 0 aliphatic heterocycles. The quantitative estimate of drug-likeness (QED) is 0.116. The summed E-state index contributed by atoms with van der Waals surface area (Å²) in [5.74, 6) is 0.858. The number of fused-ring (bicyclic) bond motifs is 9. The van der Waals surface area contributed by atoms with E-state index in [1.165, 1.54) is 16.8 Å². The van der Waals surface area contributed by atoms with Gasteiger partial charge in [0.05, 0.1) is 16.7 Å². The van der Waals surface area contributed by atoms with Gasteiger partial charge in [0.15, 0.2) is 0 Å². The number of para-hydroxylation sites is 1. The zero-order valence-corrected chi connectivity index (χ0v) is 24.6. The van der Waals surface area contributed by atoms with Gasteiger partial charge < -0.3 is 4.42 Å². The van der Waals surface area contributed by atoms with E-state index in [0.717, 1.165) is 60.7 Å². The second kappa shape index (κ2) is 10.4. The smallest absolute Gasteiger partial charge is 0.336 e. The Morgan fingerprint density at radius 2 is 1.26 bits per heavy atom. The van der Waals surface area contributed by atoms with Crippen LogP contribution in [-0.4, -0.2) is 15.8 Å². The standard InChI is InChI=1S/C41H25N3O2/c45-37-24-28(32-23-20-26-10-4-5-13-31(26)40(32)46-37)25-42-29-21-18-27(19-22-29)41-43-38-35-16-8-6-14-33(35)34-15-7-9-17-36(34)39(38)44(41)30-11-2-1-3-12-30/h1-25H. The van der Waals surface area contributed by atoms with Crippen LogP contribution in [0.4, 0.5) is 5.69 Å². The van der Waals surface area contributed by atoms with Crippen molar-refractivity contribution in [3.05, 3.63) is 162 Å². The maximum atomic E-state index is 12.5. The number of hydrogen-bond acceptors (Lipinski definition) is 4. The molecule has 0 aliphatic rings. The highest BCUT2D eigenvalue weighted by atomic mass is 16.4. The van der Waals surface area contributed by atoms with Gasteiger partial charge >= 0.3 is 5.63 Å². The molecule has 9 aromatic rings. The molecule has 46 heavy (non-hydrogen) atoms. The van der Waals surface area contributed by atoms with E-state index >= 15 is 0 Å². The Hall–Kier alpha value is -6.33. The van der Waals surface area contributed by atoms with Crippen LogP contribution in [0.1, 0.15) is 5.56 Å². The van der Waals surface area contributed by atoms with Crippen LogP contribution >= 0.6 is 0 Å². The van der Waals surface area contributed by atoms with E-state index in [9.17, 15) is 4.79 Å². The number of rotatable bonds is 4. The predicted molar refractivity (Wildman–Crippen MR) is 189 cm³/mol. The van der Waals surface area contributed by atoms with Gasteiger partial charge in [-0.1, -0.05) is 97.1 Å². The third-order valence-electron chi connectivity index (χ3n) is 8.69. The van der Waals surface area contributed by atoms with E-state index in [1.807, 2.05) is 54.6 Å². The molecule has 0 bridgehead atoms. The van der Waals surface area contributed by atoms with Crippen molar-refractivity contribution in [2.45, 2.75) is 0 Å². The van der Waals surface area contributed by atoms with E-state index in [-0.39, 0.29) is 0 Å². The van der Waals surface area contributed by atoms with Gasteiger partial charge in [-0.15, -0.1) is 0 Å². The summed E-state index contributed by atoms with van der Waals surface area (Å²) in [5, 5.41) is 7.44. The Kier molecular flexibility index (Phi) is 5.90. The van der Waals surface area contributed by atoms with E-state index in [0.29, 0.717) is 11.1 Å². The number of hydrogen-bond donors (Lipinski definition) is 0. The normalized spacial score (nSPS) is 11.9. The molecule has 2 heterocycles. The van der Waals surface area contributed by atoms with Gasteiger partial charge in [0.1, 0.15) is 11.4 Å². The van der Waals surface area contributed by atoms with Crippen LogP contribution in [0.25, 0.3) is 71.4 Å². The van der Waals surface area contributed by atoms with Crippen LogP contribution < -0.4 is 5.63 Å². The summed E-state index contributed by atoms with van der Waals surface area (Å²) < 4.78 is 7.90. The summed E-state index contributed by atoms with van der Waals surface area (Å²) >= 11 is 0. The lowest BCUT2D eigenvalue weighted by Crippen LogP contribution is -2.00. The molecule has 0 atom stereocenters. The van der Waals surface area contributed by atoms with Gasteiger partial charge in [0.25, 0.3) is 0 Å². The molecule has 0 fully saturated rings. The van der Waals surface area contributed by atoms with Crippen molar-refractivity contribution in [2.75, 3.05) is 0 Å². The van der Waals surface area contributed by atoms with Gasteiger partial charge in [0.2, 0.25) is 0 Å². The lowest BCUT2D eigenvalue weighted by Gasteiger charge is -2.12. The molecule has 0 unspecified atom stereocenters. The third-order valence-corrected chi connectivity index (χ3v) is 8.69. The molecule has 0 N–H and O–H groups in total. The Morgan fingerprint density at radius 3 is 2.04 bits per heavy atom. The molecular weight excluding hydrogens is 566 g/mol. The topological polar surface area (TPSA) is 60.4 Å². The first-order valence-corrected chi connectivity index (χ1v) is 15.2. The SMILES string of the molecule is O=c1cc(C=Nc2ccc(-c3nc4c5ccccc5c5ccccc5c4n3-c3ccccc3)cc2)c2ccc3ccccc3c2o1. The maximum Gasteiger partial charge on any atom is 0.336 e. The average Bonchev–Trinajstić information content (AvgIpc) is 3.52.